The van der Waals surface area contributed by atoms with Gasteiger partial charge in [0.15, 0.2) is 0 Å². The normalized spacial score (nSPS) is 14.9. The lowest BCUT2D eigenvalue weighted by Crippen LogP contribution is -2.23. The lowest BCUT2D eigenvalue weighted by molar-refractivity contribution is 0.857. The van der Waals surface area contributed by atoms with Crippen LogP contribution < -0.4 is 5.32 Å². The van der Waals surface area contributed by atoms with Crippen LogP contribution in [0.1, 0.15) is 12.5 Å². The number of hydrogen-bond donors (Lipinski definition) is 1. The molecule has 2 aromatic rings. The quantitative estimate of drug-likeness (QED) is 0.905. The second kappa shape index (κ2) is 4.65. The molecule has 3 rings (SSSR count). The molecule has 4 heteroatoms. The van der Waals surface area contributed by atoms with E-state index in [2.05, 4.69) is 34.1 Å². The smallest absolute Gasteiger partial charge is 0.117 e. The molecule has 0 saturated carbocycles. The van der Waals surface area contributed by atoms with Crippen LogP contribution in [-0.4, -0.2) is 23.5 Å². The predicted octanol–water partition coefficient (Wildman–Crippen LogP) is 2.86. The van der Waals surface area contributed by atoms with Gasteiger partial charge in [0.25, 0.3) is 0 Å². The van der Waals surface area contributed by atoms with Gasteiger partial charge in [0, 0.05) is 18.1 Å². The van der Waals surface area contributed by atoms with E-state index in [0.717, 1.165) is 42.4 Å². The Balaban J connectivity index is 2.10. The third-order valence-electron chi connectivity index (χ3n) is 3.38. The molecule has 0 spiro atoms. The number of nitrogens with zero attached hydrogens (tertiary/aromatic N) is 2. The summed E-state index contributed by atoms with van der Waals surface area (Å²) >= 11 is 6.34. The van der Waals surface area contributed by atoms with Crippen molar-refractivity contribution in [2.75, 3.05) is 13.1 Å². The molecule has 0 unspecified atom stereocenters. The molecule has 1 N–H and O–H groups in total. The monoisotopic (exact) mass is 261 g/mol. The lowest BCUT2D eigenvalue weighted by Gasteiger charge is -2.07. The Kier molecular flexibility index (Phi) is 3.00. The number of aliphatic imine (C=N–C) groups is 1. The highest BCUT2D eigenvalue weighted by Gasteiger charge is 2.13. The molecular formula is C14H16ClN3. The zero-order valence-electron chi connectivity index (χ0n) is 10.4. The fourth-order valence-corrected chi connectivity index (χ4v) is 2.79. The van der Waals surface area contributed by atoms with Crippen molar-refractivity contribution >= 4 is 28.3 Å². The zero-order chi connectivity index (χ0) is 12.5. The first-order valence-electron chi connectivity index (χ1n) is 6.33. The molecule has 0 amide bonds. The first-order valence-corrected chi connectivity index (χ1v) is 6.71. The molecule has 18 heavy (non-hydrogen) atoms. The second-order valence-corrected chi connectivity index (χ2v) is 4.93. The summed E-state index contributed by atoms with van der Waals surface area (Å²) in [6.07, 6.45) is 3.21. The molecule has 0 bridgehead atoms. The van der Waals surface area contributed by atoms with Crippen molar-refractivity contribution in [2.24, 2.45) is 4.99 Å². The minimum absolute atomic E-state index is 0.778. The topological polar surface area (TPSA) is 29.3 Å². The number of aromatic nitrogens is 1. The summed E-state index contributed by atoms with van der Waals surface area (Å²) in [7, 11) is 0. The van der Waals surface area contributed by atoms with Gasteiger partial charge in [0.1, 0.15) is 5.84 Å². The van der Waals surface area contributed by atoms with Gasteiger partial charge in [-0.25, -0.2) is 0 Å². The summed E-state index contributed by atoms with van der Waals surface area (Å²) in [5, 5.41) is 5.37. The van der Waals surface area contributed by atoms with Crippen LogP contribution in [0.5, 0.6) is 0 Å². The van der Waals surface area contributed by atoms with Crippen molar-refractivity contribution < 1.29 is 0 Å². The Hall–Kier alpha value is -1.48. The van der Waals surface area contributed by atoms with Gasteiger partial charge in [0.05, 0.1) is 23.6 Å². The number of para-hydroxylation sites is 1. The molecule has 3 nitrogen and oxygen atoms in total. The summed E-state index contributed by atoms with van der Waals surface area (Å²) in [6.45, 7) is 4.78. The van der Waals surface area contributed by atoms with Gasteiger partial charge in [-0.2, -0.15) is 0 Å². The van der Waals surface area contributed by atoms with Crippen LogP contribution >= 0.6 is 11.6 Å². The van der Waals surface area contributed by atoms with Crippen molar-refractivity contribution in [3.8, 4) is 0 Å². The largest absolute Gasteiger partial charge is 0.370 e. The molecule has 1 aromatic heterocycles. The van der Waals surface area contributed by atoms with E-state index < -0.39 is 0 Å². The van der Waals surface area contributed by atoms with Crippen LogP contribution in [0, 0.1) is 0 Å². The maximum Gasteiger partial charge on any atom is 0.117 e. The first-order chi connectivity index (χ1) is 8.79. The maximum atomic E-state index is 6.34. The Morgan fingerprint density at radius 3 is 3.06 bits per heavy atom. The van der Waals surface area contributed by atoms with Crippen molar-refractivity contribution in [2.45, 2.75) is 19.9 Å². The average molecular weight is 262 g/mol. The number of benzene rings is 1. The minimum atomic E-state index is 0.778. The minimum Gasteiger partial charge on any atom is -0.370 e. The number of hydrogen-bond acceptors (Lipinski definition) is 2. The average Bonchev–Trinajstić information content (AvgIpc) is 2.98. The molecule has 0 aliphatic carbocycles. The van der Waals surface area contributed by atoms with Gasteiger partial charge in [-0.1, -0.05) is 30.7 Å². The van der Waals surface area contributed by atoms with Crippen molar-refractivity contribution in [1.29, 1.82) is 0 Å². The number of amidine groups is 1. The summed E-state index contributed by atoms with van der Waals surface area (Å²) in [5.41, 5.74) is 2.46. The molecule has 0 fully saturated rings. The van der Waals surface area contributed by atoms with Crippen molar-refractivity contribution in [1.82, 2.24) is 9.88 Å². The van der Waals surface area contributed by atoms with E-state index in [1.54, 1.807) is 0 Å². The fraction of sp³-hybridized carbons (Fsp3) is 0.357. The number of aryl methyl sites for hydroxylation is 1. The standard InChI is InChI=1S/C14H16ClN3/c1-2-10-8-18(9-13-16-6-7-17-13)14-11(10)4-3-5-12(14)15/h3-5,8H,2,6-7,9H2,1H3,(H,16,17). The SMILES string of the molecule is CCc1cn(CC2=NCCN2)c2c(Cl)cccc12. The first kappa shape index (κ1) is 11.6. The molecule has 94 valence electrons. The number of rotatable bonds is 3. The Morgan fingerprint density at radius 1 is 1.44 bits per heavy atom. The van der Waals surface area contributed by atoms with Crippen molar-refractivity contribution in [3.05, 3.63) is 35.0 Å². The van der Waals surface area contributed by atoms with Crippen LogP contribution in [0.15, 0.2) is 29.4 Å². The predicted molar refractivity (Wildman–Crippen MR) is 76.6 cm³/mol. The van der Waals surface area contributed by atoms with Crippen LogP contribution in [0.2, 0.25) is 5.02 Å². The van der Waals surface area contributed by atoms with Crippen LogP contribution in [-0.2, 0) is 13.0 Å². The highest BCUT2D eigenvalue weighted by molar-refractivity contribution is 6.35. The summed E-state index contributed by atoms with van der Waals surface area (Å²) in [5.74, 6) is 1.05. The summed E-state index contributed by atoms with van der Waals surface area (Å²) in [6, 6.07) is 6.10. The van der Waals surface area contributed by atoms with Gasteiger partial charge in [-0.3, -0.25) is 4.99 Å². The Morgan fingerprint density at radius 2 is 2.33 bits per heavy atom. The van der Waals surface area contributed by atoms with Gasteiger partial charge < -0.3 is 9.88 Å². The van der Waals surface area contributed by atoms with Crippen LogP contribution in [0.3, 0.4) is 0 Å². The van der Waals surface area contributed by atoms with E-state index in [-0.39, 0.29) is 0 Å². The molecular weight excluding hydrogens is 246 g/mol. The van der Waals surface area contributed by atoms with Crippen LogP contribution in [0.4, 0.5) is 0 Å². The van der Waals surface area contributed by atoms with Gasteiger partial charge >= 0.3 is 0 Å². The van der Waals surface area contributed by atoms with E-state index in [4.69, 9.17) is 11.6 Å². The van der Waals surface area contributed by atoms with E-state index in [1.165, 1.54) is 10.9 Å². The van der Waals surface area contributed by atoms with E-state index in [1.807, 2.05) is 12.1 Å². The summed E-state index contributed by atoms with van der Waals surface area (Å²) < 4.78 is 2.20. The molecule has 2 heterocycles. The lowest BCUT2D eigenvalue weighted by atomic mass is 10.1. The maximum absolute atomic E-state index is 6.34. The number of fused-ring (bicyclic) bond motifs is 1. The van der Waals surface area contributed by atoms with E-state index >= 15 is 0 Å². The van der Waals surface area contributed by atoms with Gasteiger partial charge in [-0.15, -0.1) is 0 Å². The number of halogens is 1. The molecule has 0 saturated heterocycles. The highest BCUT2D eigenvalue weighted by Crippen LogP contribution is 2.28. The molecule has 0 atom stereocenters. The molecule has 1 aliphatic heterocycles. The fourth-order valence-electron chi connectivity index (χ4n) is 2.51. The highest BCUT2D eigenvalue weighted by atomic mass is 35.5. The Labute approximate surface area is 111 Å². The second-order valence-electron chi connectivity index (χ2n) is 4.53. The van der Waals surface area contributed by atoms with E-state index in [0.29, 0.717) is 0 Å². The van der Waals surface area contributed by atoms with Crippen LogP contribution in [0.25, 0.3) is 10.9 Å². The molecule has 0 radical (unpaired) electrons. The number of nitrogens with one attached hydrogen (secondary N) is 1. The molecule has 1 aromatic carbocycles. The van der Waals surface area contributed by atoms with Gasteiger partial charge in [0.2, 0.25) is 0 Å². The van der Waals surface area contributed by atoms with Crippen molar-refractivity contribution in [3.63, 3.8) is 0 Å². The Bertz CT molecular complexity index is 613. The molecule has 1 aliphatic rings. The third-order valence-corrected chi connectivity index (χ3v) is 3.68. The zero-order valence-corrected chi connectivity index (χ0v) is 11.2. The third kappa shape index (κ3) is 1.89. The van der Waals surface area contributed by atoms with E-state index in [9.17, 15) is 0 Å². The van der Waals surface area contributed by atoms with Gasteiger partial charge in [-0.05, 0) is 18.1 Å². The summed E-state index contributed by atoms with van der Waals surface area (Å²) in [4.78, 5) is 4.44.